The van der Waals surface area contributed by atoms with Crippen LogP contribution in [0.1, 0.15) is 85.8 Å². The molecule has 0 spiro atoms. The fraction of sp³-hybridized carbons (Fsp3) is 0.792. The van der Waals surface area contributed by atoms with E-state index in [4.69, 9.17) is 5.11 Å². The molecule has 1 heterocycles. The van der Waals surface area contributed by atoms with Gasteiger partial charge in [0.05, 0.1) is 0 Å². The zero-order chi connectivity index (χ0) is 21.2. The number of unbranched alkanes of at least 4 members (excludes halogenated alkanes) is 3. The van der Waals surface area contributed by atoms with Crippen LogP contribution in [-0.4, -0.2) is 32.3 Å². The van der Waals surface area contributed by atoms with E-state index in [1.807, 2.05) is 0 Å². The topological polar surface area (TPSA) is 26.8 Å². The Morgan fingerprint density at radius 2 is 1.43 bits per heavy atom. The molecule has 0 aliphatic rings. The zero-order valence-electron chi connectivity index (χ0n) is 20.0. The van der Waals surface area contributed by atoms with Gasteiger partial charge in [-0.25, -0.2) is 0 Å². The van der Waals surface area contributed by atoms with Crippen LogP contribution in [0.4, 0.5) is 0 Å². The van der Waals surface area contributed by atoms with Crippen LogP contribution in [0.25, 0.3) is 0 Å². The first-order valence-electron chi connectivity index (χ1n) is 11.7. The van der Waals surface area contributed by atoms with Crippen molar-refractivity contribution >= 4 is 30.8 Å². The Kier molecular flexibility index (Phi) is 11.9. The summed E-state index contributed by atoms with van der Waals surface area (Å²) in [4.78, 5) is 0. The molecule has 0 saturated carbocycles. The molecule has 0 fully saturated rings. The Balaban J connectivity index is 3.35. The molecular weight excluding hydrogens is 465 g/mol. The van der Waals surface area contributed by atoms with Crippen molar-refractivity contribution in [3.05, 3.63) is 24.0 Å². The molecule has 0 bridgehead atoms. The van der Waals surface area contributed by atoms with Crippen molar-refractivity contribution in [2.75, 3.05) is 0 Å². The maximum absolute atomic E-state index is 8.05. The summed E-state index contributed by atoms with van der Waals surface area (Å²) in [6.45, 7) is 17.1. The Morgan fingerprint density at radius 3 is 1.82 bits per heavy atom. The summed E-state index contributed by atoms with van der Waals surface area (Å²) >= 11 is -2.39. The Bertz CT molecular complexity index is 548. The average molecular weight is 513 g/mol. The van der Waals surface area contributed by atoms with Crippen LogP contribution in [0.3, 0.4) is 0 Å². The molecule has 0 amide bonds. The van der Waals surface area contributed by atoms with Crippen LogP contribution < -0.4 is 8.15 Å². The molecular formula is C24H48NOSiSn+. The van der Waals surface area contributed by atoms with Gasteiger partial charge in [-0.15, -0.1) is 0 Å². The summed E-state index contributed by atoms with van der Waals surface area (Å²) in [5.41, 5.74) is 1.21. The van der Waals surface area contributed by atoms with Crippen molar-refractivity contribution in [3.63, 3.8) is 0 Å². The molecule has 0 unspecified atom stereocenters. The number of rotatable bonds is 13. The van der Waals surface area contributed by atoms with Crippen LogP contribution in [0.2, 0.25) is 24.9 Å². The summed E-state index contributed by atoms with van der Waals surface area (Å²) in [6.07, 6.45) is 11.9. The monoisotopic (exact) mass is 514 g/mol. The second-order valence-corrected chi connectivity index (χ2v) is 26.4. The van der Waals surface area contributed by atoms with Crippen LogP contribution in [0, 0.1) is 0 Å². The number of pyridine rings is 1. The molecule has 162 valence electrons. The molecule has 0 aromatic carbocycles. The second kappa shape index (κ2) is 12.7. The first-order valence-corrected chi connectivity index (χ1v) is 21.4. The van der Waals surface area contributed by atoms with Gasteiger partial charge in [0.15, 0.2) is 0 Å². The predicted octanol–water partition coefficient (Wildman–Crippen LogP) is 5.72. The van der Waals surface area contributed by atoms with Gasteiger partial charge in [0.2, 0.25) is 0 Å². The van der Waals surface area contributed by atoms with E-state index in [2.05, 4.69) is 71.0 Å². The second-order valence-electron chi connectivity index (χ2n) is 9.84. The molecule has 2 nitrogen and oxygen atoms in total. The molecule has 0 atom stereocenters. The molecule has 28 heavy (non-hydrogen) atoms. The van der Waals surface area contributed by atoms with Crippen molar-refractivity contribution in [2.45, 2.75) is 118 Å². The summed E-state index contributed by atoms with van der Waals surface area (Å²) in [5, 5.41) is 8.45. The quantitative estimate of drug-likeness (QED) is 0.183. The van der Waals surface area contributed by atoms with E-state index < -0.39 is 27.2 Å². The van der Waals surface area contributed by atoms with Gasteiger partial charge in [-0.05, 0) is 0 Å². The molecule has 1 aromatic heterocycles. The third kappa shape index (κ3) is 7.75. The Labute approximate surface area is 181 Å². The number of nitrogens with zero attached hydrogens (tertiary/aromatic N) is 1. The van der Waals surface area contributed by atoms with E-state index in [1.54, 1.807) is 3.58 Å². The third-order valence-corrected chi connectivity index (χ3v) is 25.6. The molecule has 0 saturated heterocycles. The van der Waals surface area contributed by atoms with E-state index in [0.29, 0.717) is 11.6 Å². The standard InChI is InChI=1S/C12H20NOSi.3C4H9.Sn/c1-12(2,3)15(4)10-13-8-6-5-7-11(13)9-14;3*1-3-4-2;/h5,7-8,14H,9-10H2,1-4H3;3*1,3-4H2,2H3;/p+1. The van der Waals surface area contributed by atoms with Gasteiger partial charge in [-0.1, -0.05) is 0 Å². The Morgan fingerprint density at radius 1 is 0.929 bits per heavy atom. The van der Waals surface area contributed by atoms with Gasteiger partial charge in [0.1, 0.15) is 0 Å². The van der Waals surface area contributed by atoms with Crippen LogP contribution in [0.15, 0.2) is 18.3 Å². The first kappa shape index (κ1) is 26.2. The van der Waals surface area contributed by atoms with Crippen LogP contribution in [-0.2, 0) is 12.8 Å². The molecule has 2 N–H and O–H groups in total. The van der Waals surface area contributed by atoms with Gasteiger partial charge in [0.25, 0.3) is 0 Å². The van der Waals surface area contributed by atoms with Crippen molar-refractivity contribution in [2.24, 2.45) is 0 Å². The summed E-state index contributed by atoms with van der Waals surface area (Å²) in [6, 6.07) is 4.78. The van der Waals surface area contributed by atoms with Crippen molar-refractivity contribution in [1.82, 2.24) is 0 Å². The average Bonchev–Trinajstić information content (AvgIpc) is 2.67. The molecule has 4 heteroatoms. The number of aromatic nitrogens is 1. The predicted molar refractivity (Wildman–Crippen MR) is 130 cm³/mol. The van der Waals surface area contributed by atoms with Gasteiger partial charge in [-0.3, -0.25) is 0 Å². The minimum atomic E-state index is -2.39. The van der Waals surface area contributed by atoms with E-state index >= 15 is 0 Å². The summed E-state index contributed by atoms with van der Waals surface area (Å²) < 4.78 is 8.83. The van der Waals surface area contributed by atoms with Crippen molar-refractivity contribution in [3.8, 4) is 0 Å². The van der Waals surface area contributed by atoms with E-state index in [0.717, 1.165) is 6.17 Å². The van der Waals surface area contributed by atoms with Crippen molar-refractivity contribution < 1.29 is 9.67 Å². The Hall–Kier alpha value is 0.126. The SMILES string of the molecule is CCC[CH2][Sn]([CH2]CCC)([CH2]CCC)[c]1ccc(C[OH2+])[n+](C[Si-](C)C(C)(C)C)c1. The van der Waals surface area contributed by atoms with Crippen molar-refractivity contribution in [1.29, 1.82) is 0 Å². The van der Waals surface area contributed by atoms with Gasteiger partial charge in [0, 0.05) is 0 Å². The molecule has 0 aliphatic heterocycles. The van der Waals surface area contributed by atoms with Gasteiger partial charge in [-0.2, -0.15) is 0 Å². The summed E-state index contributed by atoms with van der Waals surface area (Å²) in [5.74, 6) is 0. The molecule has 1 aromatic rings. The van der Waals surface area contributed by atoms with E-state index in [-0.39, 0.29) is 0 Å². The zero-order valence-corrected chi connectivity index (χ0v) is 23.8. The van der Waals surface area contributed by atoms with Crippen LogP contribution >= 0.6 is 0 Å². The number of hydrogen-bond acceptors (Lipinski definition) is 0. The van der Waals surface area contributed by atoms with E-state index in [1.165, 1.54) is 57.5 Å². The fourth-order valence-electron chi connectivity index (χ4n) is 4.04. The van der Waals surface area contributed by atoms with Gasteiger partial charge >= 0.3 is 182 Å². The summed E-state index contributed by atoms with van der Waals surface area (Å²) in [7, 11) is -0.498. The molecule has 1 rings (SSSR count). The van der Waals surface area contributed by atoms with Gasteiger partial charge < -0.3 is 0 Å². The molecule has 0 radical (unpaired) electrons. The number of hydrogen-bond donors (Lipinski definition) is 0. The minimum absolute atomic E-state index is 0.403. The van der Waals surface area contributed by atoms with E-state index in [9.17, 15) is 0 Å². The maximum atomic E-state index is 8.05. The molecule has 0 aliphatic carbocycles. The normalized spacial score (nSPS) is 12.8. The third-order valence-electron chi connectivity index (χ3n) is 6.63. The van der Waals surface area contributed by atoms with Crippen LogP contribution in [0.5, 0.6) is 0 Å². The fourth-order valence-corrected chi connectivity index (χ4v) is 21.2. The first-order chi connectivity index (χ1) is 13.2.